The van der Waals surface area contributed by atoms with Crippen LogP contribution in [0, 0.1) is 5.92 Å². The van der Waals surface area contributed by atoms with Gasteiger partial charge in [-0.3, -0.25) is 0 Å². The van der Waals surface area contributed by atoms with Gasteiger partial charge in [0.25, 0.3) is 0 Å². The maximum atomic E-state index is 9.52. The molecule has 1 heterocycles. The fourth-order valence-corrected chi connectivity index (χ4v) is 2.92. The Kier molecular flexibility index (Phi) is 7.44. The minimum Gasteiger partial charge on any atom is -0.389 e. The van der Waals surface area contributed by atoms with Crippen molar-refractivity contribution >= 4 is 11.8 Å². The highest BCUT2D eigenvalue weighted by molar-refractivity contribution is 7.99. The molecule has 1 fully saturated rings. The largest absolute Gasteiger partial charge is 0.389 e. The third kappa shape index (κ3) is 6.40. The average molecular weight is 233 g/mol. The van der Waals surface area contributed by atoms with Gasteiger partial charge in [-0.2, -0.15) is 11.8 Å². The Morgan fingerprint density at radius 3 is 2.87 bits per heavy atom. The molecule has 0 spiro atoms. The first kappa shape index (κ1) is 13.3. The van der Waals surface area contributed by atoms with Crippen LogP contribution in [0.3, 0.4) is 0 Å². The van der Waals surface area contributed by atoms with Crippen molar-refractivity contribution < 1.29 is 9.84 Å². The van der Waals surface area contributed by atoms with Gasteiger partial charge in [0, 0.05) is 13.2 Å². The number of hydrogen-bond donors (Lipinski definition) is 2. The summed E-state index contributed by atoms with van der Waals surface area (Å²) in [6.07, 6.45) is 2.28. The third-order valence-corrected chi connectivity index (χ3v) is 3.72. The van der Waals surface area contributed by atoms with E-state index in [9.17, 15) is 5.11 Å². The van der Waals surface area contributed by atoms with Crippen LogP contribution in [0.5, 0.6) is 0 Å². The summed E-state index contributed by atoms with van der Waals surface area (Å²) in [6.45, 7) is 4.77. The molecule has 1 rings (SSSR count). The number of ether oxygens (including phenoxy) is 1. The van der Waals surface area contributed by atoms with Gasteiger partial charge in [0.05, 0.1) is 12.7 Å². The van der Waals surface area contributed by atoms with Crippen molar-refractivity contribution in [3.05, 3.63) is 0 Å². The number of thioether (sulfide) groups is 1. The van der Waals surface area contributed by atoms with Crippen LogP contribution in [0.15, 0.2) is 0 Å². The van der Waals surface area contributed by atoms with Gasteiger partial charge in [0.15, 0.2) is 0 Å². The van der Waals surface area contributed by atoms with Crippen molar-refractivity contribution in [3.63, 3.8) is 0 Å². The van der Waals surface area contributed by atoms with Gasteiger partial charge in [0.1, 0.15) is 0 Å². The lowest BCUT2D eigenvalue weighted by molar-refractivity contribution is 0.0424. The van der Waals surface area contributed by atoms with Gasteiger partial charge in [0.2, 0.25) is 0 Å². The summed E-state index contributed by atoms with van der Waals surface area (Å²) < 4.78 is 5.14. The number of aliphatic hydroxyl groups is 1. The Morgan fingerprint density at radius 2 is 2.20 bits per heavy atom. The summed E-state index contributed by atoms with van der Waals surface area (Å²) in [4.78, 5) is 0. The molecule has 0 bridgehead atoms. The molecule has 0 radical (unpaired) electrons. The number of rotatable bonds is 7. The van der Waals surface area contributed by atoms with Crippen molar-refractivity contribution in [2.75, 3.05) is 37.8 Å². The Labute approximate surface area is 97.0 Å². The maximum Gasteiger partial charge on any atom is 0.0897 e. The highest BCUT2D eigenvalue weighted by atomic mass is 32.2. The van der Waals surface area contributed by atoms with E-state index >= 15 is 0 Å². The van der Waals surface area contributed by atoms with Gasteiger partial charge in [-0.05, 0) is 43.7 Å². The Bertz CT molecular complexity index is 152. The van der Waals surface area contributed by atoms with E-state index in [2.05, 4.69) is 17.1 Å². The van der Waals surface area contributed by atoms with E-state index in [1.54, 1.807) is 0 Å². The normalized spacial score (nSPS) is 20.4. The molecule has 0 aromatic rings. The Morgan fingerprint density at radius 1 is 1.47 bits per heavy atom. The van der Waals surface area contributed by atoms with Crippen LogP contribution in [0.25, 0.3) is 0 Å². The van der Waals surface area contributed by atoms with Crippen molar-refractivity contribution in [3.8, 4) is 0 Å². The number of nitrogens with one attached hydrogen (secondary N) is 1. The van der Waals surface area contributed by atoms with Gasteiger partial charge in [-0.1, -0.05) is 0 Å². The zero-order chi connectivity index (χ0) is 10.9. The molecule has 1 unspecified atom stereocenters. The molecule has 1 saturated heterocycles. The van der Waals surface area contributed by atoms with E-state index in [0.717, 1.165) is 12.5 Å². The average Bonchev–Trinajstić information content (AvgIpc) is 2.28. The summed E-state index contributed by atoms with van der Waals surface area (Å²) in [7, 11) is 0. The Balaban J connectivity index is 1.94. The second-order valence-corrected chi connectivity index (χ2v) is 5.25. The van der Waals surface area contributed by atoms with E-state index in [4.69, 9.17) is 4.74 Å². The predicted molar refractivity (Wildman–Crippen MR) is 65.4 cm³/mol. The van der Waals surface area contributed by atoms with E-state index in [1.165, 1.54) is 24.3 Å². The summed E-state index contributed by atoms with van der Waals surface area (Å²) in [6, 6.07) is 0. The molecule has 0 aromatic heterocycles. The molecule has 1 aliphatic rings. The predicted octanol–water partition coefficient (Wildman–Crippen LogP) is 1.12. The van der Waals surface area contributed by atoms with Crippen LogP contribution in [-0.4, -0.2) is 49.0 Å². The van der Waals surface area contributed by atoms with Crippen LogP contribution in [-0.2, 0) is 4.74 Å². The molecular weight excluding hydrogens is 210 g/mol. The molecule has 2 N–H and O–H groups in total. The van der Waals surface area contributed by atoms with Crippen molar-refractivity contribution in [2.24, 2.45) is 5.92 Å². The van der Waals surface area contributed by atoms with Crippen molar-refractivity contribution in [1.82, 2.24) is 5.32 Å². The van der Waals surface area contributed by atoms with Gasteiger partial charge >= 0.3 is 0 Å². The van der Waals surface area contributed by atoms with Crippen molar-refractivity contribution in [1.29, 1.82) is 0 Å². The van der Waals surface area contributed by atoms with Crippen LogP contribution < -0.4 is 5.32 Å². The number of aliphatic hydroxyl groups excluding tert-OH is 1. The summed E-state index contributed by atoms with van der Waals surface area (Å²) >= 11 is 2.05. The van der Waals surface area contributed by atoms with Crippen LogP contribution in [0.1, 0.15) is 19.8 Å². The first-order valence-electron chi connectivity index (χ1n) is 5.87. The molecular formula is C11H23NO2S. The van der Waals surface area contributed by atoms with Crippen LogP contribution in [0.4, 0.5) is 0 Å². The molecule has 0 aromatic carbocycles. The monoisotopic (exact) mass is 233 g/mol. The molecule has 15 heavy (non-hydrogen) atoms. The SMILES string of the molecule is CCOCC(O)CNCC1CCSCC1. The fourth-order valence-electron chi connectivity index (χ4n) is 1.72. The molecule has 1 aliphatic heterocycles. The molecule has 90 valence electrons. The first-order valence-corrected chi connectivity index (χ1v) is 7.02. The molecule has 4 heteroatoms. The van der Waals surface area contributed by atoms with Crippen molar-refractivity contribution in [2.45, 2.75) is 25.9 Å². The van der Waals surface area contributed by atoms with Crippen LogP contribution >= 0.6 is 11.8 Å². The first-order chi connectivity index (χ1) is 7.33. The van der Waals surface area contributed by atoms with E-state index in [1.807, 2.05) is 6.92 Å². The summed E-state index contributed by atoms with van der Waals surface area (Å²) in [5.74, 6) is 3.41. The lowest BCUT2D eigenvalue weighted by Gasteiger charge is -2.22. The maximum absolute atomic E-state index is 9.52. The Hall–Kier alpha value is 0.230. The molecule has 3 nitrogen and oxygen atoms in total. The van der Waals surface area contributed by atoms with Gasteiger partial charge in [-0.25, -0.2) is 0 Å². The molecule has 1 atom stereocenters. The lowest BCUT2D eigenvalue weighted by atomic mass is 10.0. The standard InChI is InChI=1S/C11H23NO2S/c1-2-14-9-11(13)8-12-7-10-3-5-15-6-4-10/h10-13H,2-9H2,1H3. The van der Waals surface area contributed by atoms with E-state index in [0.29, 0.717) is 19.8 Å². The molecule has 0 aliphatic carbocycles. The fraction of sp³-hybridized carbons (Fsp3) is 1.00. The quantitative estimate of drug-likeness (QED) is 0.691. The minimum absolute atomic E-state index is 0.358. The zero-order valence-corrected chi connectivity index (χ0v) is 10.4. The third-order valence-electron chi connectivity index (χ3n) is 2.67. The van der Waals surface area contributed by atoms with Gasteiger partial charge in [-0.15, -0.1) is 0 Å². The zero-order valence-electron chi connectivity index (χ0n) is 9.58. The smallest absolute Gasteiger partial charge is 0.0897 e. The second kappa shape index (κ2) is 8.39. The van der Waals surface area contributed by atoms with Gasteiger partial charge < -0.3 is 15.2 Å². The second-order valence-electron chi connectivity index (χ2n) is 4.03. The highest BCUT2D eigenvalue weighted by Crippen LogP contribution is 2.21. The summed E-state index contributed by atoms with van der Waals surface area (Å²) in [5, 5.41) is 12.8. The molecule has 0 saturated carbocycles. The van der Waals surface area contributed by atoms with E-state index < -0.39 is 0 Å². The van der Waals surface area contributed by atoms with Crippen LogP contribution in [0.2, 0.25) is 0 Å². The highest BCUT2D eigenvalue weighted by Gasteiger charge is 2.13. The molecule has 0 amide bonds. The van der Waals surface area contributed by atoms with E-state index in [-0.39, 0.29) is 6.10 Å². The summed E-state index contributed by atoms with van der Waals surface area (Å²) in [5.41, 5.74) is 0. The lowest BCUT2D eigenvalue weighted by Crippen LogP contribution is -2.34. The minimum atomic E-state index is -0.358. The number of hydrogen-bond acceptors (Lipinski definition) is 4. The topological polar surface area (TPSA) is 41.5 Å².